The van der Waals surface area contributed by atoms with Crippen LogP contribution in [0.4, 0.5) is 21.9 Å². The lowest BCUT2D eigenvalue weighted by atomic mass is 10.1. The normalized spacial score (nSPS) is 14.0. The molecule has 1 fully saturated rings. The largest absolute Gasteiger partial charge is 0.497 e. The first kappa shape index (κ1) is 19.9. The van der Waals surface area contributed by atoms with Crippen LogP contribution in [0.1, 0.15) is 19.3 Å². The third-order valence-electron chi connectivity index (χ3n) is 5.68. The van der Waals surface area contributed by atoms with Crippen LogP contribution in [0, 0.1) is 0 Å². The van der Waals surface area contributed by atoms with Gasteiger partial charge in [0.05, 0.1) is 29.5 Å². The summed E-state index contributed by atoms with van der Waals surface area (Å²) in [5, 5.41) is 5.84. The van der Waals surface area contributed by atoms with E-state index in [0.29, 0.717) is 11.4 Å². The second-order valence-corrected chi connectivity index (χ2v) is 7.61. The van der Waals surface area contributed by atoms with Gasteiger partial charge in [-0.25, -0.2) is 9.59 Å². The molecule has 0 saturated carbocycles. The van der Waals surface area contributed by atoms with E-state index in [-0.39, 0.29) is 11.7 Å². The highest BCUT2D eigenvalue weighted by atomic mass is 16.5. The van der Waals surface area contributed by atoms with Crippen LogP contribution in [0.3, 0.4) is 0 Å². The number of imidazole rings is 1. The first-order valence-electron chi connectivity index (χ1n) is 10.1. The van der Waals surface area contributed by atoms with Crippen molar-refractivity contribution in [3.8, 4) is 5.75 Å². The Morgan fingerprint density at radius 2 is 1.57 bits per heavy atom. The van der Waals surface area contributed by atoms with Crippen LogP contribution in [-0.2, 0) is 14.1 Å². The number of methoxy groups -OCH3 is 1. The number of hydrogen-bond donors (Lipinski definition) is 2. The monoisotopic (exact) mass is 409 g/mol. The molecule has 1 saturated heterocycles. The van der Waals surface area contributed by atoms with Gasteiger partial charge in [0, 0.05) is 32.9 Å². The Bertz CT molecular complexity index is 1120. The van der Waals surface area contributed by atoms with Gasteiger partial charge in [0.15, 0.2) is 0 Å². The van der Waals surface area contributed by atoms with Crippen molar-refractivity contribution in [3.05, 3.63) is 46.9 Å². The van der Waals surface area contributed by atoms with Crippen molar-refractivity contribution in [2.24, 2.45) is 14.1 Å². The first-order valence-corrected chi connectivity index (χ1v) is 10.1. The molecular weight excluding hydrogens is 382 g/mol. The van der Waals surface area contributed by atoms with E-state index < -0.39 is 0 Å². The molecule has 2 heterocycles. The van der Waals surface area contributed by atoms with E-state index in [4.69, 9.17) is 4.74 Å². The lowest BCUT2D eigenvalue weighted by molar-refractivity contribution is 0.262. The zero-order chi connectivity index (χ0) is 21.3. The molecule has 8 nitrogen and oxygen atoms in total. The maximum Gasteiger partial charge on any atom is 0.328 e. The van der Waals surface area contributed by atoms with Gasteiger partial charge in [0.1, 0.15) is 5.75 Å². The Balaban J connectivity index is 1.67. The topological polar surface area (TPSA) is 80.5 Å². The predicted octanol–water partition coefficient (Wildman–Crippen LogP) is 3.52. The number of benzene rings is 2. The molecule has 0 bridgehead atoms. The molecule has 0 spiro atoms. The SMILES string of the molecule is COc1ccc(NC(=O)Nc2cc3c(cc2N2CCCCC2)n(C)c(=O)n3C)cc1. The Hall–Kier alpha value is -3.42. The first-order chi connectivity index (χ1) is 14.5. The molecule has 8 heteroatoms. The molecule has 0 atom stereocenters. The molecule has 0 unspecified atom stereocenters. The Morgan fingerprint density at radius 1 is 0.933 bits per heavy atom. The summed E-state index contributed by atoms with van der Waals surface area (Å²) < 4.78 is 8.39. The van der Waals surface area contributed by atoms with Crippen molar-refractivity contribution in [3.63, 3.8) is 0 Å². The fourth-order valence-corrected chi connectivity index (χ4v) is 3.99. The van der Waals surface area contributed by atoms with E-state index in [1.807, 2.05) is 12.1 Å². The second kappa shape index (κ2) is 8.14. The molecule has 2 N–H and O–H groups in total. The van der Waals surface area contributed by atoms with Crippen LogP contribution < -0.4 is 26.0 Å². The summed E-state index contributed by atoms with van der Waals surface area (Å²) >= 11 is 0. The summed E-state index contributed by atoms with van der Waals surface area (Å²) in [4.78, 5) is 27.4. The minimum Gasteiger partial charge on any atom is -0.497 e. The minimum absolute atomic E-state index is 0.0885. The van der Waals surface area contributed by atoms with Crippen molar-refractivity contribution in [2.45, 2.75) is 19.3 Å². The highest BCUT2D eigenvalue weighted by Gasteiger charge is 2.20. The average molecular weight is 409 g/mol. The molecule has 2 amide bonds. The minimum atomic E-state index is -0.335. The van der Waals surface area contributed by atoms with E-state index in [0.717, 1.165) is 48.4 Å². The molecule has 0 aliphatic carbocycles. The van der Waals surface area contributed by atoms with E-state index in [2.05, 4.69) is 15.5 Å². The lowest BCUT2D eigenvalue weighted by Gasteiger charge is -2.30. The molecule has 1 aliphatic heterocycles. The zero-order valence-corrected chi connectivity index (χ0v) is 17.6. The number of anilines is 3. The highest BCUT2D eigenvalue weighted by Crippen LogP contribution is 2.33. The van der Waals surface area contributed by atoms with Crippen molar-refractivity contribution < 1.29 is 9.53 Å². The number of ether oxygens (including phenoxy) is 1. The molecule has 4 rings (SSSR count). The molecule has 30 heavy (non-hydrogen) atoms. The van der Waals surface area contributed by atoms with Gasteiger partial charge in [0.2, 0.25) is 0 Å². The van der Waals surface area contributed by atoms with Crippen molar-refractivity contribution >= 4 is 34.1 Å². The lowest BCUT2D eigenvalue weighted by Crippen LogP contribution is -2.31. The number of hydrogen-bond acceptors (Lipinski definition) is 4. The van der Waals surface area contributed by atoms with E-state index >= 15 is 0 Å². The number of carbonyl (C=O) groups excluding carboxylic acids is 1. The van der Waals surface area contributed by atoms with E-state index in [9.17, 15) is 9.59 Å². The fraction of sp³-hybridized carbons (Fsp3) is 0.364. The predicted molar refractivity (Wildman–Crippen MR) is 120 cm³/mol. The molecule has 3 aromatic rings. The number of fused-ring (bicyclic) bond motifs is 1. The highest BCUT2D eigenvalue weighted by molar-refractivity contribution is 6.04. The summed E-state index contributed by atoms with van der Waals surface area (Å²) in [5.74, 6) is 0.726. The van der Waals surface area contributed by atoms with Gasteiger partial charge in [-0.15, -0.1) is 0 Å². The summed E-state index contributed by atoms with van der Waals surface area (Å²) in [6.07, 6.45) is 3.44. The number of amides is 2. The molecule has 1 aliphatic rings. The quantitative estimate of drug-likeness (QED) is 0.691. The number of piperidine rings is 1. The summed E-state index contributed by atoms with van der Waals surface area (Å²) in [6, 6.07) is 10.7. The summed E-state index contributed by atoms with van der Waals surface area (Å²) in [5.41, 5.74) is 3.84. The van der Waals surface area contributed by atoms with E-state index in [1.165, 1.54) is 6.42 Å². The maximum absolute atomic E-state index is 12.7. The molecule has 2 aromatic carbocycles. The maximum atomic E-state index is 12.7. The van der Waals surface area contributed by atoms with Crippen LogP contribution in [0.25, 0.3) is 11.0 Å². The third kappa shape index (κ3) is 3.72. The second-order valence-electron chi connectivity index (χ2n) is 7.61. The van der Waals surface area contributed by atoms with Gasteiger partial charge in [0.25, 0.3) is 0 Å². The van der Waals surface area contributed by atoms with Gasteiger partial charge >= 0.3 is 11.7 Å². The standard InChI is InChI=1S/C22H27N5O3/c1-25-19-13-17(24-21(28)23-15-7-9-16(30-3)10-8-15)18(27-11-5-4-6-12-27)14-20(19)26(2)22(25)29/h7-10,13-14H,4-6,11-12H2,1-3H3,(H2,23,24,28). The molecule has 158 valence electrons. The van der Waals surface area contributed by atoms with E-state index in [1.54, 1.807) is 54.6 Å². The Kier molecular flexibility index (Phi) is 5.39. The van der Waals surface area contributed by atoms with Gasteiger partial charge in [-0.05, 0) is 55.7 Å². The number of rotatable bonds is 4. The molecule has 1 aromatic heterocycles. The Labute approximate surface area is 175 Å². The third-order valence-corrected chi connectivity index (χ3v) is 5.68. The molecular formula is C22H27N5O3. The number of urea groups is 1. The van der Waals surface area contributed by atoms with Crippen LogP contribution in [0.2, 0.25) is 0 Å². The number of aryl methyl sites for hydroxylation is 2. The Morgan fingerprint density at radius 3 is 2.20 bits per heavy atom. The number of nitrogens with one attached hydrogen (secondary N) is 2. The summed E-state index contributed by atoms with van der Waals surface area (Å²) in [7, 11) is 5.12. The van der Waals surface area contributed by atoms with Crippen molar-refractivity contribution in [2.75, 3.05) is 35.7 Å². The van der Waals surface area contributed by atoms with Crippen LogP contribution in [0.15, 0.2) is 41.2 Å². The zero-order valence-electron chi connectivity index (χ0n) is 17.6. The van der Waals surface area contributed by atoms with Gasteiger partial charge in [-0.1, -0.05) is 0 Å². The van der Waals surface area contributed by atoms with Crippen molar-refractivity contribution in [1.29, 1.82) is 0 Å². The number of aromatic nitrogens is 2. The van der Waals surface area contributed by atoms with Crippen molar-refractivity contribution in [1.82, 2.24) is 9.13 Å². The smallest absolute Gasteiger partial charge is 0.328 e. The fourth-order valence-electron chi connectivity index (χ4n) is 3.99. The number of nitrogens with zero attached hydrogens (tertiary/aromatic N) is 3. The van der Waals surface area contributed by atoms with Crippen LogP contribution in [0.5, 0.6) is 5.75 Å². The average Bonchev–Trinajstić information content (AvgIpc) is 2.98. The summed E-state index contributed by atoms with van der Waals surface area (Å²) in [6.45, 7) is 1.86. The van der Waals surface area contributed by atoms with Crippen LogP contribution >= 0.6 is 0 Å². The molecule has 0 radical (unpaired) electrons. The van der Waals surface area contributed by atoms with Crippen LogP contribution in [-0.4, -0.2) is 35.4 Å². The van der Waals surface area contributed by atoms with Gasteiger partial charge in [-0.2, -0.15) is 0 Å². The van der Waals surface area contributed by atoms with Gasteiger partial charge in [-0.3, -0.25) is 9.13 Å². The van der Waals surface area contributed by atoms with Gasteiger partial charge < -0.3 is 20.3 Å². The number of carbonyl (C=O) groups is 1.